The molecule has 0 bridgehead atoms. The lowest BCUT2D eigenvalue weighted by atomic mass is 10.1. The number of benzene rings is 2. The van der Waals surface area contributed by atoms with Gasteiger partial charge < -0.3 is 14.8 Å². The summed E-state index contributed by atoms with van der Waals surface area (Å²) in [6.07, 6.45) is 5.90. The van der Waals surface area contributed by atoms with Gasteiger partial charge in [0.2, 0.25) is 0 Å². The first-order valence-electron chi connectivity index (χ1n) is 9.08. The number of fused-ring (bicyclic) bond motifs is 1. The summed E-state index contributed by atoms with van der Waals surface area (Å²) in [5, 5.41) is 13.7. The molecule has 0 spiro atoms. The fourth-order valence-electron chi connectivity index (χ4n) is 3.13. The van der Waals surface area contributed by atoms with Crippen LogP contribution in [0.5, 0.6) is 0 Å². The van der Waals surface area contributed by atoms with E-state index in [9.17, 15) is 9.90 Å². The highest BCUT2D eigenvalue weighted by Crippen LogP contribution is 2.27. The Bertz CT molecular complexity index is 1170. The molecule has 4 aromatic rings. The highest BCUT2D eigenvalue weighted by Gasteiger charge is 2.12. The van der Waals surface area contributed by atoms with E-state index in [4.69, 9.17) is 4.42 Å². The van der Waals surface area contributed by atoms with Gasteiger partial charge in [0, 0.05) is 28.5 Å². The number of carbonyl (C=O) groups is 1. The molecule has 6 nitrogen and oxygen atoms in total. The maximum absolute atomic E-state index is 11.3. The Labute approximate surface area is 172 Å². The predicted molar refractivity (Wildman–Crippen MR) is 115 cm³/mol. The van der Waals surface area contributed by atoms with Crippen LogP contribution in [0.1, 0.15) is 15.9 Å². The third kappa shape index (κ3) is 4.25. The molecule has 4 rings (SSSR count). The summed E-state index contributed by atoms with van der Waals surface area (Å²) in [7, 11) is 0. The highest BCUT2D eigenvalue weighted by molar-refractivity contribution is 7.98. The lowest BCUT2D eigenvalue weighted by Crippen LogP contribution is -2.06. The summed E-state index contributed by atoms with van der Waals surface area (Å²) in [6, 6.07) is 15.3. The van der Waals surface area contributed by atoms with Crippen molar-refractivity contribution in [2.24, 2.45) is 0 Å². The van der Waals surface area contributed by atoms with Gasteiger partial charge >= 0.3 is 5.97 Å². The molecule has 0 aliphatic rings. The Kier molecular flexibility index (Phi) is 5.48. The van der Waals surface area contributed by atoms with Crippen molar-refractivity contribution in [2.45, 2.75) is 11.3 Å². The minimum absolute atomic E-state index is 0.294. The number of furan rings is 1. The molecule has 0 fully saturated rings. The van der Waals surface area contributed by atoms with Gasteiger partial charge in [0.1, 0.15) is 17.7 Å². The number of rotatable bonds is 7. The molecule has 0 atom stereocenters. The Morgan fingerprint density at radius 3 is 2.86 bits per heavy atom. The molecule has 29 heavy (non-hydrogen) atoms. The fourth-order valence-corrected chi connectivity index (χ4v) is 3.75. The summed E-state index contributed by atoms with van der Waals surface area (Å²) >= 11 is 1.40. The molecule has 0 radical (unpaired) electrons. The minimum Gasteiger partial charge on any atom is -0.478 e. The first-order chi connectivity index (χ1) is 14.1. The molecule has 0 aliphatic carbocycles. The summed E-state index contributed by atoms with van der Waals surface area (Å²) in [5.74, 6) is -0.208. The summed E-state index contributed by atoms with van der Waals surface area (Å²) in [5.41, 5.74) is 3.96. The van der Waals surface area contributed by atoms with E-state index >= 15 is 0 Å². The van der Waals surface area contributed by atoms with Gasteiger partial charge in [0.05, 0.1) is 17.5 Å². The van der Waals surface area contributed by atoms with Crippen molar-refractivity contribution < 1.29 is 14.3 Å². The van der Waals surface area contributed by atoms with Crippen LogP contribution in [-0.4, -0.2) is 33.8 Å². The number of thioether (sulfide) groups is 1. The van der Waals surface area contributed by atoms with Crippen LogP contribution >= 0.6 is 11.8 Å². The lowest BCUT2D eigenvalue weighted by Gasteiger charge is -2.09. The lowest BCUT2D eigenvalue weighted by molar-refractivity contribution is 0.0693. The Balaban J connectivity index is 1.46. The predicted octanol–water partition coefficient (Wildman–Crippen LogP) is 4.96. The molecular formula is C22H19N3O3S. The van der Waals surface area contributed by atoms with Crippen molar-refractivity contribution in [2.75, 3.05) is 18.1 Å². The maximum Gasteiger partial charge on any atom is 0.336 e. The number of nitrogens with one attached hydrogen (secondary N) is 1. The van der Waals surface area contributed by atoms with E-state index in [-0.39, 0.29) is 0 Å². The van der Waals surface area contributed by atoms with Crippen molar-refractivity contribution in [3.05, 3.63) is 72.2 Å². The molecule has 2 heterocycles. The molecular weight excluding hydrogens is 386 g/mol. The normalized spacial score (nSPS) is 10.9. The topological polar surface area (TPSA) is 88.3 Å². The Morgan fingerprint density at radius 2 is 2.03 bits per heavy atom. The van der Waals surface area contributed by atoms with Crippen molar-refractivity contribution in [3.63, 3.8) is 0 Å². The smallest absolute Gasteiger partial charge is 0.336 e. The standard InChI is InChI=1S/C22H19N3O3S/c1-29-20-11-16(4-5-17(20)22(26)27)18-12-21(25-13-24-18)23-8-6-14-2-3-15-7-9-28-19(15)10-14/h2-5,7,9-13H,6,8H2,1H3,(H,26,27)(H,23,24,25). The van der Waals surface area contributed by atoms with Crippen LogP contribution in [0.3, 0.4) is 0 Å². The highest BCUT2D eigenvalue weighted by atomic mass is 32.2. The van der Waals surface area contributed by atoms with Crippen LogP contribution in [0.2, 0.25) is 0 Å². The number of anilines is 1. The third-order valence-electron chi connectivity index (χ3n) is 4.64. The van der Waals surface area contributed by atoms with Gasteiger partial charge in [-0.3, -0.25) is 0 Å². The molecule has 0 saturated heterocycles. The number of carboxylic acid groups (broad SMARTS) is 1. The first kappa shape index (κ1) is 19.0. The van der Waals surface area contributed by atoms with E-state index in [0.717, 1.165) is 41.0 Å². The number of hydrogen-bond donors (Lipinski definition) is 2. The summed E-state index contributed by atoms with van der Waals surface area (Å²) in [4.78, 5) is 20.6. The molecule has 2 aromatic carbocycles. The van der Waals surface area contributed by atoms with Crippen LogP contribution in [-0.2, 0) is 6.42 Å². The zero-order chi connectivity index (χ0) is 20.2. The van der Waals surface area contributed by atoms with Crippen LogP contribution in [0.4, 0.5) is 5.82 Å². The zero-order valence-corrected chi connectivity index (χ0v) is 16.6. The third-order valence-corrected chi connectivity index (χ3v) is 5.41. The van der Waals surface area contributed by atoms with E-state index in [1.165, 1.54) is 23.7 Å². The molecule has 0 aliphatic heterocycles. The van der Waals surface area contributed by atoms with Gasteiger partial charge in [0.25, 0.3) is 0 Å². The SMILES string of the molecule is CSc1cc(-c2cc(NCCc3ccc4ccoc4c3)ncn2)ccc1C(=O)O. The van der Waals surface area contributed by atoms with Gasteiger partial charge in [-0.2, -0.15) is 0 Å². The molecule has 2 N–H and O–H groups in total. The van der Waals surface area contributed by atoms with Crippen molar-refractivity contribution in [3.8, 4) is 11.3 Å². The first-order valence-corrected chi connectivity index (χ1v) is 10.3. The second-order valence-electron chi connectivity index (χ2n) is 6.48. The molecule has 0 unspecified atom stereocenters. The molecule has 146 valence electrons. The fraction of sp³-hybridized carbons (Fsp3) is 0.136. The van der Waals surface area contributed by atoms with E-state index in [1.54, 1.807) is 18.4 Å². The van der Waals surface area contributed by atoms with E-state index < -0.39 is 5.97 Å². The average Bonchev–Trinajstić information content (AvgIpc) is 3.21. The largest absolute Gasteiger partial charge is 0.478 e. The number of aromatic nitrogens is 2. The van der Waals surface area contributed by atoms with Gasteiger partial charge in [-0.1, -0.05) is 18.2 Å². The minimum atomic E-state index is -0.932. The monoisotopic (exact) mass is 405 g/mol. The maximum atomic E-state index is 11.3. The summed E-state index contributed by atoms with van der Waals surface area (Å²) < 4.78 is 5.45. The van der Waals surface area contributed by atoms with E-state index in [0.29, 0.717) is 10.5 Å². The van der Waals surface area contributed by atoms with Crippen molar-refractivity contribution in [1.82, 2.24) is 9.97 Å². The van der Waals surface area contributed by atoms with Gasteiger partial charge in [-0.05, 0) is 42.5 Å². The van der Waals surface area contributed by atoms with Crippen molar-refractivity contribution >= 4 is 34.5 Å². The van der Waals surface area contributed by atoms with Gasteiger partial charge in [-0.15, -0.1) is 11.8 Å². The quantitative estimate of drug-likeness (QED) is 0.420. The van der Waals surface area contributed by atoms with Gasteiger partial charge in [0.15, 0.2) is 0 Å². The number of aromatic carboxylic acids is 1. The van der Waals surface area contributed by atoms with Gasteiger partial charge in [-0.25, -0.2) is 14.8 Å². The number of nitrogens with zero attached hydrogens (tertiary/aromatic N) is 2. The Hall–Kier alpha value is -3.32. The molecule has 0 amide bonds. The zero-order valence-electron chi connectivity index (χ0n) is 15.8. The van der Waals surface area contributed by atoms with Crippen LogP contribution < -0.4 is 5.32 Å². The van der Waals surface area contributed by atoms with E-state index in [2.05, 4.69) is 33.5 Å². The average molecular weight is 405 g/mol. The number of hydrogen-bond acceptors (Lipinski definition) is 6. The van der Waals surface area contributed by atoms with Crippen LogP contribution in [0, 0.1) is 0 Å². The second-order valence-corrected chi connectivity index (χ2v) is 7.33. The molecule has 2 aromatic heterocycles. The van der Waals surface area contributed by atoms with Crippen LogP contribution in [0.15, 0.2) is 70.4 Å². The molecule has 7 heteroatoms. The second kappa shape index (κ2) is 8.36. The summed E-state index contributed by atoms with van der Waals surface area (Å²) in [6.45, 7) is 0.719. The number of carboxylic acids is 1. The van der Waals surface area contributed by atoms with E-state index in [1.807, 2.05) is 24.5 Å². The van der Waals surface area contributed by atoms with Crippen LogP contribution in [0.25, 0.3) is 22.2 Å². The molecule has 0 saturated carbocycles. The van der Waals surface area contributed by atoms with Crippen molar-refractivity contribution in [1.29, 1.82) is 0 Å². The Morgan fingerprint density at radius 1 is 1.14 bits per heavy atom.